The molecule has 2 aromatic heterocycles. The van der Waals surface area contributed by atoms with Crippen molar-refractivity contribution < 1.29 is 0 Å². The van der Waals surface area contributed by atoms with Gasteiger partial charge in [-0.05, 0) is 63.0 Å². The molecule has 0 bridgehead atoms. The summed E-state index contributed by atoms with van der Waals surface area (Å²) in [5.41, 5.74) is 2.54. The van der Waals surface area contributed by atoms with E-state index in [1.807, 2.05) is 4.68 Å². The number of anilines is 1. The van der Waals surface area contributed by atoms with E-state index in [2.05, 4.69) is 80.1 Å². The molecule has 0 amide bonds. The van der Waals surface area contributed by atoms with Crippen molar-refractivity contribution in [2.24, 2.45) is 0 Å². The molecule has 4 rings (SSSR count). The minimum absolute atomic E-state index is 0.151. The van der Waals surface area contributed by atoms with E-state index in [0.29, 0.717) is 0 Å². The summed E-state index contributed by atoms with van der Waals surface area (Å²) in [7, 11) is 0. The van der Waals surface area contributed by atoms with Crippen LogP contribution >= 0.6 is 27.3 Å². The number of hydrogen-bond donors (Lipinski definition) is 1. The lowest BCUT2D eigenvalue weighted by Gasteiger charge is -2.31. The number of nitrogens with one attached hydrogen (secondary N) is 1. The number of halogens is 1. The van der Waals surface area contributed by atoms with Gasteiger partial charge in [0.15, 0.2) is 0 Å². The Kier molecular flexibility index (Phi) is 3.46. The highest BCUT2D eigenvalue weighted by molar-refractivity contribution is 9.11. The van der Waals surface area contributed by atoms with Crippen molar-refractivity contribution in [1.82, 2.24) is 20.2 Å². The average Bonchev–Trinajstić information content (AvgIpc) is 3.15. The molecule has 7 heteroatoms. The molecule has 5 nitrogen and oxygen atoms in total. The van der Waals surface area contributed by atoms with E-state index >= 15 is 0 Å². The summed E-state index contributed by atoms with van der Waals surface area (Å²) >= 11 is 5.29. The Morgan fingerprint density at radius 3 is 2.91 bits per heavy atom. The highest BCUT2D eigenvalue weighted by Crippen LogP contribution is 2.40. The fraction of sp³-hybridized carbons (Fsp3) is 0.267. The third-order valence-electron chi connectivity index (χ3n) is 4.04. The number of nitrogens with zero attached hydrogens (tertiary/aromatic N) is 4. The van der Waals surface area contributed by atoms with Crippen LogP contribution in [0.5, 0.6) is 0 Å². The molecule has 3 heterocycles. The van der Waals surface area contributed by atoms with Gasteiger partial charge in [0, 0.05) is 4.88 Å². The molecule has 112 valence electrons. The molecule has 0 spiro atoms. The highest BCUT2D eigenvalue weighted by atomic mass is 79.9. The van der Waals surface area contributed by atoms with Crippen LogP contribution in [0, 0.1) is 6.92 Å². The van der Waals surface area contributed by atoms with Crippen LogP contribution in [-0.2, 0) is 0 Å². The monoisotopic (exact) mass is 375 g/mol. The molecule has 22 heavy (non-hydrogen) atoms. The molecule has 1 aliphatic heterocycles. The second-order valence-corrected chi connectivity index (χ2v) is 7.89. The van der Waals surface area contributed by atoms with Crippen molar-refractivity contribution in [1.29, 1.82) is 0 Å². The maximum Gasteiger partial charge on any atom is 0.244 e. The van der Waals surface area contributed by atoms with Crippen molar-refractivity contribution >= 4 is 33.2 Å². The van der Waals surface area contributed by atoms with Gasteiger partial charge in [-0.2, -0.15) is 0 Å². The number of aromatic nitrogens is 4. The fourth-order valence-corrected chi connectivity index (χ4v) is 4.45. The molecular weight excluding hydrogens is 362 g/mol. The van der Waals surface area contributed by atoms with E-state index in [1.165, 1.54) is 16.0 Å². The zero-order chi connectivity index (χ0) is 15.1. The quantitative estimate of drug-likeness (QED) is 0.736. The number of hydrogen-bond acceptors (Lipinski definition) is 5. The van der Waals surface area contributed by atoms with Gasteiger partial charge in [0.2, 0.25) is 5.95 Å². The molecule has 1 N–H and O–H groups in total. The summed E-state index contributed by atoms with van der Waals surface area (Å²) in [6.45, 7) is 2.14. The Hall–Kier alpha value is -1.73. The summed E-state index contributed by atoms with van der Waals surface area (Å²) in [6.07, 6.45) is 0.926. The number of aryl methyl sites for hydroxylation is 1. The summed E-state index contributed by atoms with van der Waals surface area (Å²) in [4.78, 5) is 1.29. The van der Waals surface area contributed by atoms with Gasteiger partial charge < -0.3 is 5.32 Å². The Balaban J connectivity index is 1.77. The molecule has 1 aromatic carbocycles. The second kappa shape index (κ2) is 5.48. The Morgan fingerprint density at radius 1 is 1.27 bits per heavy atom. The van der Waals surface area contributed by atoms with Gasteiger partial charge in [0.1, 0.15) is 0 Å². The van der Waals surface area contributed by atoms with Gasteiger partial charge in [0.05, 0.1) is 15.9 Å². The maximum absolute atomic E-state index is 4.18. The Labute approximate surface area is 140 Å². The summed E-state index contributed by atoms with van der Waals surface area (Å²) in [5.74, 6) is 0.731. The average molecular weight is 376 g/mol. The summed E-state index contributed by atoms with van der Waals surface area (Å²) in [6, 6.07) is 13.1. The largest absolute Gasteiger partial charge is 0.345 e. The highest BCUT2D eigenvalue weighted by Gasteiger charge is 2.31. The van der Waals surface area contributed by atoms with Crippen molar-refractivity contribution in [2.75, 3.05) is 5.32 Å². The summed E-state index contributed by atoms with van der Waals surface area (Å²) in [5, 5.41) is 15.6. The minimum atomic E-state index is 0.151. The molecule has 3 aromatic rings. The molecule has 0 radical (unpaired) electrons. The fourth-order valence-electron chi connectivity index (χ4n) is 2.96. The van der Waals surface area contributed by atoms with Gasteiger partial charge >= 0.3 is 0 Å². The van der Waals surface area contributed by atoms with Crippen LogP contribution < -0.4 is 5.32 Å². The molecule has 2 unspecified atom stereocenters. The number of fused-ring (bicyclic) bond motifs is 1. The second-order valence-electron chi connectivity index (χ2n) is 5.39. The van der Waals surface area contributed by atoms with E-state index in [1.54, 1.807) is 11.3 Å². The van der Waals surface area contributed by atoms with Gasteiger partial charge in [-0.1, -0.05) is 29.4 Å². The molecule has 2 atom stereocenters. The maximum atomic E-state index is 4.18. The first-order valence-electron chi connectivity index (χ1n) is 7.07. The molecule has 1 aliphatic rings. The molecule has 0 fully saturated rings. The Morgan fingerprint density at radius 2 is 2.14 bits per heavy atom. The van der Waals surface area contributed by atoms with Crippen molar-refractivity contribution in [3.63, 3.8) is 0 Å². The first kappa shape index (κ1) is 13.9. The normalized spacial score (nSPS) is 20.5. The van der Waals surface area contributed by atoms with E-state index < -0.39 is 0 Å². The van der Waals surface area contributed by atoms with Crippen LogP contribution in [0.1, 0.15) is 34.5 Å². The zero-order valence-electron chi connectivity index (χ0n) is 11.9. The lowest BCUT2D eigenvalue weighted by molar-refractivity contribution is 0.425. The van der Waals surface area contributed by atoms with Crippen LogP contribution in [0.2, 0.25) is 0 Å². The van der Waals surface area contributed by atoms with Gasteiger partial charge in [-0.15, -0.1) is 11.3 Å². The van der Waals surface area contributed by atoms with E-state index in [-0.39, 0.29) is 12.1 Å². The number of rotatable bonds is 2. The first-order valence-corrected chi connectivity index (χ1v) is 8.68. The molecular formula is C15H14BrN5S. The lowest BCUT2D eigenvalue weighted by atomic mass is 9.94. The third-order valence-corrected chi connectivity index (χ3v) is 5.77. The van der Waals surface area contributed by atoms with Gasteiger partial charge in [-0.3, -0.25) is 0 Å². The summed E-state index contributed by atoms with van der Waals surface area (Å²) < 4.78 is 3.03. The van der Waals surface area contributed by atoms with E-state index in [0.717, 1.165) is 16.2 Å². The molecule has 0 aliphatic carbocycles. The lowest BCUT2D eigenvalue weighted by Crippen LogP contribution is -2.28. The van der Waals surface area contributed by atoms with Gasteiger partial charge in [-0.25, -0.2) is 4.68 Å². The van der Waals surface area contributed by atoms with Gasteiger partial charge in [0.25, 0.3) is 0 Å². The zero-order valence-corrected chi connectivity index (χ0v) is 14.3. The van der Waals surface area contributed by atoms with Crippen LogP contribution in [0.4, 0.5) is 5.95 Å². The van der Waals surface area contributed by atoms with Crippen LogP contribution in [0.25, 0.3) is 0 Å². The van der Waals surface area contributed by atoms with E-state index in [9.17, 15) is 0 Å². The van der Waals surface area contributed by atoms with Crippen molar-refractivity contribution in [3.05, 3.63) is 56.2 Å². The van der Waals surface area contributed by atoms with Crippen LogP contribution in [-0.4, -0.2) is 20.2 Å². The van der Waals surface area contributed by atoms with Crippen molar-refractivity contribution in [3.8, 4) is 0 Å². The predicted octanol–water partition coefficient (Wildman–Crippen LogP) is 3.95. The SMILES string of the molecule is Cc1ccccc1C1CC(c2ccc(Br)s2)Nc2nnnn21. The number of thiophene rings is 1. The van der Waals surface area contributed by atoms with Crippen LogP contribution in [0.3, 0.4) is 0 Å². The Bertz CT molecular complexity index is 812. The standard InChI is InChI=1S/C15H14BrN5S/c1-9-4-2-3-5-10(9)12-8-11(13-6-7-14(16)22-13)17-15-18-19-20-21(12)15/h2-7,11-12H,8H2,1H3,(H,17,18,20). The number of tetrazole rings is 1. The first-order chi connectivity index (χ1) is 10.7. The van der Waals surface area contributed by atoms with Crippen molar-refractivity contribution in [2.45, 2.75) is 25.4 Å². The van der Waals surface area contributed by atoms with E-state index in [4.69, 9.17) is 0 Å². The molecule has 0 saturated heterocycles. The minimum Gasteiger partial charge on any atom is -0.345 e. The smallest absolute Gasteiger partial charge is 0.244 e. The third kappa shape index (κ3) is 2.34. The molecule has 0 saturated carbocycles. The topological polar surface area (TPSA) is 55.6 Å². The number of benzene rings is 1. The van der Waals surface area contributed by atoms with Crippen LogP contribution in [0.15, 0.2) is 40.2 Å². The predicted molar refractivity (Wildman–Crippen MR) is 90.1 cm³/mol.